The lowest BCUT2D eigenvalue weighted by atomic mass is 10.1. The summed E-state index contributed by atoms with van der Waals surface area (Å²) in [5.41, 5.74) is 4.16. The molecule has 0 unspecified atom stereocenters. The van der Waals surface area contributed by atoms with Gasteiger partial charge >= 0.3 is 0 Å². The molecule has 2 aromatic heterocycles. The maximum Gasteiger partial charge on any atom is 0.0783 e. The molecule has 0 aliphatic heterocycles. The molecule has 0 aliphatic rings. The minimum absolute atomic E-state index is 0.0676. The van der Waals surface area contributed by atoms with Gasteiger partial charge in [0.1, 0.15) is 0 Å². The van der Waals surface area contributed by atoms with E-state index in [1.165, 1.54) is 5.39 Å². The summed E-state index contributed by atoms with van der Waals surface area (Å²) in [5.74, 6) is 0. The lowest BCUT2D eigenvalue weighted by Gasteiger charge is -2.09. The zero-order valence-electron chi connectivity index (χ0n) is 10.7. The molecule has 0 amide bonds. The Morgan fingerprint density at radius 3 is 2.84 bits per heavy atom. The van der Waals surface area contributed by atoms with E-state index in [0.717, 1.165) is 22.3 Å². The number of aliphatic hydroxyl groups is 1. The van der Waals surface area contributed by atoms with Gasteiger partial charge in [-0.3, -0.25) is 9.97 Å². The topological polar surface area (TPSA) is 50.9 Å². The first kappa shape index (κ1) is 11.9. The summed E-state index contributed by atoms with van der Waals surface area (Å²) in [6.07, 6.45) is 7.20. The second-order valence-electron chi connectivity index (χ2n) is 4.59. The van der Waals surface area contributed by atoms with E-state index in [2.05, 4.69) is 20.6 Å². The molecule has 4 heteroatoms. The highest BCUT2D eigenvalue weighted by Gasteiger charge is 2.08. The van der Waals surface area contributed by atoms with Crippen LogP contribution in [0.2, 0.25) is 0 Å². The average molecular weight is 253 g/mol. The first-order valence-electron chi connectivity index (χ1n) is 6.22. The summed E-state index contributed by atoms with van der Waals surface area (Å²) in [6.45, 7) is 2.80. The van der Waals surface area contributed by atoms with Crippen LogP contribution in [0.3, 0.4) is 0 Å². The molecule has 0 aliphatic carbocycles. The number of aliphatic hydroxyl groups excluding tert-OH is 1. The molecule has 3 rings (SSSR count). The van der Waals surface area contributed by atoms with Crippen molar-refractivity contribution in [2.45, 2.75) is 20.1 Å². The summed E-state index contributed by atoms with van der Waals surface area (Å²) in [5, 5.41) is 10.5. The molecule has 4 nitrogen and oxygen atoms in total. The summed E-state index contributed by atoms with van der Waals surface area (Å²) in [7, 11) is 0. The predicted molar refractivity (Wildman–Crippen MR) is 73.7 cm³/mol. The predicted octanol–water partition coefficient (Wildman–Crippen LogP) is 2.28. The van der Waals surface area contributed by atoms with Crippen molar-refractivity contribution in [3.8, 4) is 0 Å². The van der Waals surface area contributed by atoms with E-state index in [1.54, 1.807) is 18.6 Å². The van der Waals surface area contributed by atoms with Gasteiger partial charge in [-0.1, -0.05) is 12.1 Å². The van der Waals surface area contributed by atoms with Crippen LogP contribution in [-0.2, 0) is 13.2 Å². The Labute approximate surface area is 111 Å². The number of benzene rings is 1. The van der Waals surface area contributed by atoms with Crippen molar-refractivity contribution in [3.63, 3.8) is 0 Å². The van der Waals surface area contributed by atoms with Crippen LogP contribution in [0.4, 0.5) is 0 Å². The van der Waals surface area contributed by atoms with Crippen molar-refractivity contribution in [3.05, 3.63) is 59.8 Å². The van der Waals surface area contributed by atoms with Gasteiger partial charge in [0.25, 0.3) is 0 Å². The van der Waals surface area contributed by atoms with E-state index in [1.807, 2.05) is 25.3 Å². The number of nitrogens with zero attached hydrogens (tertiary/aromatic N) is 3. The molecular formula is C15H15N3O. The minimum atomic E-state index is 0.0676. The van der Waals surface area contributed by atoms with Gasteiger partial charge in [0.05, 0.1) is 30.6 Å². The zero-order chi connectivity index (χ0) is 13.2. The van der Waals surface area contributed by atoms with Gasteiger partial charge in [-0.15, -0.1) is 0 Å². The highest BCUT2D eigenvalue weighted by atomic mass is 16.3. The van der Waals surface area contributed by atoms with E-state index in [-0.39, 0.29) is 6.61 Å². The quantitative estimate of drug-likeness (QED) is 0.779. The third-order valence-corrected chi connectivity index (χ3v) is 3.41. The van der Waals surface area contributed by atoms with Gasteiger partial charge in [-0.2, -0.15) is 0 Å². The monoisotopic (exact) mass is 253 g/mol. The van der Waals surface area contributed by atoms with Gasteiger partial charge < -0.3 is 9.67 Å². The maximum absolute atomic E-state index is 9.36. The largest absolute Gasteiger partial charge is 0.392 e. The van der Waals surface area contributed by atoms with E-state index >= 15 is 0 Å². The zero-order valence-corrected chi connectivity index (χ0v) is 10.7. The van der Waals surface area contributed by atoms with Crippen molar-refractivity contribution in [2.75, 3.05) is 0 Å². The Morgan fingerprint density at radius 2 is 2.11 bits per heavy atom. The van der Waals surface area contributed by atoms with Gasteiger partial charge in [-0.25, -0.2) is 0 Å². The maximum atomic E-state index is 9.36. The molecular weight excluding hydrogens is 238 g/mol. The molecule has 96 valence electrons. The van der Waals surface area contributed by atoms with E-state index in [0.29, 0.717) is 6.54 Å². The van der Waals surface area contributed by atoms with Gasteiger partial charge in [-0.05, 0) is 29.5 Å². The summed E-state index contributed by atoms with van der Waals surface area (Å²) in [4.78, 5) is 8.39. The second kappa shape index (κ2) is 4.82. The van der Waals surface area contributed by atoms with Crippen LogP contribution in [0.1, 0.15) is 16.8 Å². The van der Waals surface area contributed by atoms with Crippen LogP contribution < -0.4 is 0 Å². The van der Waals surface area contributed by atoms with Gasteiger partial charge in [0.15, 0.2) is 0 Å². The molecule has 1 N–H and O–H groups in total. The Morgan fingerprint density at radius 1 is 1.21 bits per heavy atom. The highest BCUT2D eigenvalue weighted by molar-refractivity contribution is 5.84. The standard InChI is InChI=1S/C15H15N3O/c1-11-13(10-19)3-2-12-4-7-18(15(11)12)9-14-8-16-5-6-17-14/h2-8,19H,9-10H2,1H3. The molecule has 0 radical (unpaired) electrons. The third-order valence-electron chi connectivity index (χ3n) is 3.41. The summed E-state index contributed by atoms with van der Waals surface area (Å²) < 4.78 is 2.15. The summed E-state index contributed by atoms with van der Waals surface area (Å²) >= 11 is 0. The highest BCUT2D eigenvalue weighted by Crippen LogP contribution is 2.23. The van der Waals surface area contributed by atoms with Crippen LogP contribution in [0, 0.1) is 6.92 Å². The van der Waals surface area contributed by atoms with Crippen LogP contribution >= 0.6 is 0 Å². The molecule has 3 aromatic rings. The normalized spacial score (nSPS) is 11.1. The van der Waals surface area contributed by atoms with Crippen molar-refractivity contribution >= 4 is 10.9 Å². The first-order chi connectivity index (χ1) is 9.29. The molecule has 0 fully saturated rings. The summed E-state index contributed by atoms with van der Waals surface area (Å²) in [6, 6.07) is 6.10. The van der Waals surface area contributed by atoms with Crippen molar-refractivity contribution in [2.24, 2.45) is 0 Å². The molecule has 19 heavy (non-hydrogen) atoms. The number of aryl methyl sites for hydroxylation is 1. The molecule has 0 saturated heterocycles. The SMILES string of the molecule is Cc1c(CO)ccc2ccn(Cc3cnccn3)c12. The number of aromatic nitrogens is 3. The molecule has 2 heterocycles. The van der Waals surface area contributed by atoms with Crippen LogP contribution in [0.15, 0.2) is 43.0 Å². The number of rotatable bonds is 3. The smallest absolute Gasteiger partial charge is 0.0783 e. The van der Waals surface area contributed by atoms with Crippen LogP contribution in [0.25, 0.3) is 10.9 Å². The molecule has 0 bridgehead atoms. The Balaban J connectivity index is 2.09. The lowest BCUT2D eigenvalue weighted by molar-refractivity contribution is 0.281. The number of hydrogen-bond donors (Lipinski definition) is 1. The minimum Gasteiger partial charge on any atom is -0.392 e. The first-order valence-corrected chi connectivity index (χ1v) is 6.22. The van der Waals surface area contributed by atoms with Crippen molar-refractivity contribution in [1.82, 2.24) is 14.5 Å². The van der Waals surface area contributed by atoms with E-state index in [9.17, 15) is 5.11 Å². The molecule has 0 saturated carbocycles. The average Bonchev–Trinajstić information content (AvgIpc) is 2.84. The fraction of sp³-hybridized carbons (Fsp3) is 0.200. The number of fused-ring (bicyclic) bond motifs is 1. The lowest BCUT2D eigenvalue weighted by Crippen LogP contribution is -2.02. The fourth-order valence-corrected chi connectivity index (χ4v) is 2.41. The van der Waals surface area contributed by atoms with Gasteiger partial charge in [0.2, 0.25) is 0 Å². The third kappa shape index (κ3) is 2.11. The molecule has 1 aromatic carbocycles. The van der Waals surface area contributed by atoms with Crippen molar-refractivity contribution < 1.29 is 5.11 Å². The Hall–Kier alpha value is -2.20. The van der Waals surface area contributed by atoms with E-state index < -0.39 is 0 Å². The van der Waals surface area contributed by atoms with Crippen LogP contribution in [-0.4, -0.2) is 19.6 Å². The fourth-order valence-electron chi connectivity index (χ4n) is 2.41. The van der Waals surface area contributed by atoms with E-state index in [4.69, 9.17) is 0 Å². The molecule has 0 atom stereocenters. The van der Waals surface area contributed by atoms with Gasteiger partial charge in [0, 0.05) is 18.6 Å². The second-order valence-corrected chi connectivity index (χ2v) is 4.59. The van der Waals surface area contributed by atoms with Crippen LogP contribution in [0.5, 0.6) is 0 Å². The van der Waals surface area contributed by atoms with Crippen molar-refractivity contribution in [1.29, 1.82) is 0 Å². The molecule has 0 spiro atoms. The Kier molecular flexibility index (Phi) is 3.01. The number of hydrogen-bond acceptors (Lipinski definition) is 3. The Bertz CT molecular complexity index is 704.